The largest absolute Gasteiger partial charge is 0.456 e. The van der Waals surface area contributed by atoms with Gasteiger partial charge in [-0.3, -0.25) is 0 Å². The maximum absolute atomic E-state index is 13.4. The molecular weight excluding hydrogens is 334 g/mol. The highest BCUT2D eigenvalue weighted by molar-refractivity contribution is 9.10. The summed E-state index contributed by atoms with van der Waals surface area (Å²) >= 11 is 2.91. The summed E-state index contributed by atoms with van der Waals surface area (Å²) in [4.78, 5) is 10.7. The molecule has 3 nitrogen and oxygen atoms in total. The van der Waals surface area contributed by atoms with Crippen LogP contribution in [0.3, 0.4) is 0 Å². The molecule has 2 rings (SSSR count). The molecule has 0 amide bonds. The second kappa shape index (κ2) is 4.99. The Hall–Kier alpha value is -1.31. The molecule has 0 bridgehead atoms. The molecule has 0 aromatic heterocycles. The molecular formula is C11H8BrF4NO2. The quantitative estimate of drug-likeness (QED) is 0.678. The standard InChI is InChI=1S/C11H8BrF4NO2/c12-5-1-7(13)9(8(14)2-5)17-4-6-3-11(15,16)10(18)19-6/h1-2,6,17H,3-4H2. The summed E-state index contributed by atoms with van der Waals surface area (Å²) in [6, 6.07) is 2.06. The molecule has 8 heteroatoms. The maximum atomic E-state index is 13.4. The smallest absolute Gasteiger partial charge is 0.377 e. The molecule has 0 spiro atoms. The van der Waals surface area contributed by atoms with E-state index in [1.54, 1.807) is 0 Å². The van der Waals surface area contributed by atoms with Gasteiger partial charge in [0.15, 0.2) is 0 Å². The number of nitrogens with one attached hydrogen (secondary N) is 1. The Morgan fingerprint density at radius 1 is 1.37 bits per heavy atom. The number of carbonyl (C=O) groups is 1. The second-order valence-electron chi connectivity index (χ2n) is 4.06. The van der Waals surface area contributed by atoms with Gasteiger partial charge in [0.2, 0.25) is 0 Å². The van der Waals surface area contributed by atoms with Crippen molar-refractivity contribution in [1.82, 2.24) is 0 Å². The normalized spacial score (nSPS) is 21.3. The molecule has 0 radical (unpaired) electrons. The van der Waals surface area contributed by atoms with Crippen molar-refractivity contribution in [3.05, 3.63) is 28.2 Å². The molecule has 1 heterocycles. The Kier molecular flexibility index (Phi) is 3.71. The lowest BCUT2D eigenvalue weighted by molar-refractivity contribution is -0.158. The average Bonchev–Trinajstić information content (AvgIpc) is 2.51. The van der Waals surface area contributed by atoms with Crippen molar-refractivity contribution in [1.29, 1.82) is 0 Å². The number of hydrogen-bond acceptors (Lipinski definition) is 3. The summed E-state index contributed by atoms with van der Waals surface area (Å²) in [5, 5.41) is 2.33. The highest BCUT2D eigenvalue weighted by Crippen LogP contribution is 2.31. The third-order valence-corrected chi connectivity index (χ3v) is 3.03. The predicted octanol–water partition coefficient (Wildman–Crippen LogP) is 3.09. The Labute approximate surface area is 114 Å². The molecule has 0 aliphatic carbocycles. The number of rotatable bonds is 3. The van der Waals surface area contributed by atoms with Crippen LogP contribution in [0, 0.1) is 11.6 Å². The van der Waals surface area contributed by atoms with Crippen molar-refractivity contribution in [2.45, 2.75) is 18.4 Å². The Bertz CT molecular complexity index is 500. The Morgan fingerprint density at radius 2 is 1.95 bits per heavy atom. The van der Waals surface area contributed by atoms with E-state index in [4.69, 9.17) is 0 Å². The first-order valence-electron chi connectivity index (χ1n) is 5.27. The van der Waals surface area contributed by atoms with E-state index in [-0.39, 0.29) is 11.0 Å². The van der Waals surface area contributed by atoms with Gasteiger partial charge in [0.25, 0.3) is 0 Å². The molecule has 1 unspecified atom stereocenters. The Balaban J connectivity index is 2.03. The van der Waals surface area contributed by atoms with Crippen LogP contribution in [0.4, 0.5) is 23.2 Å². The third kappa shape index (κ3) is 2.99. The van der Waals surface area contributed by atoms with Crippen molar-refractivity contribution < 1.29 is 27.1 Å². The predicted molar refractivity (Wildman–Crippen MR) is 62.0 cm³/mol. The highest BCUT2D eigenvalue weighted by atomic mass is 79.9. The third-order valence-electron chi connectivity index (χ3n) is 2.57. The highest BCUT2D eigenvalue weighted by Gasteiger charge is 2.50. The molecule has 1 aliphatic rings. The zero-order chi connectivity index (χ0) is 14.2. The maximum Gasteiger partial charge on any atom is 0.377 e. The van der Waals surface area contributed by atoms with Crippen LogP contribution in [0.2, 0.25) is 0 Å². The lowest BCUT2D eigenvalue weighted by Gasteiger charge is -2.12. The van der Waals surface area contributed by atoms with Crippen LogP contribution < -0.4 is 5.32 Å². The van der Waals surface area contributed by atoms with Gasteiger partial charge in [0, 0.05) is 4.47 Å². The van der Waals surface area contributed by atoms with Gasteiger partial charge in [-0.2, -0.15) is 8.78 Å². The van der Waals surface area contributed by atoms with E-state index in [1.165, 1.54) is 0 Å². The van der Waals surface area contributed by atoms with Gasteiger partial charge >= 0.3 is 11.9 Å². The molecule has 1 aliphatic heterocycles. The zero-order valence-electron chi connectivity index (χ0n) is 9.35. The minimum Gasteiger partial charge on any atom is -0.456 e. The summed E-state index contributed by atoms with van der Waals surface area (Å²) in [7, 11) is 0. The van der Waals surface area contributed by atoms with Crippen molar-refractivity contribution in [3.63, 3.8) is 0 Å². The minimum atomic E-state index is -3.54. The number of benzene rings is 1. The van der Waals surface area contributed by atoms with Gasteiger partial charge in [0.1, 0.15) is 23.4 Å². The second-order valence-corrected chi connectivity index (χ2v) is 4.98. The van der Waals surface area contributed by atoms with Crippen LogP contribution in [0.5, 0.6) is 0 Å². The van der Waals surface area contributed by atoms with Crippen LogP contribution in [-0.2, 0) is 9.53 Å². The van der Waals surface area contributed by atoms with Gasteiger partial charge in [-0.25, -0.2) is 13.6 Å². The SMILES string of the molecule is O=C1OC(CNc2c(F)cc(Br)cc2F)CC1(F)F. The van der Waals surface area contributed by atoms with Crippen LogP contribution in [0.15, 0.2) is 16.6 Å². The molecule has 1 aromatic carbocycles. The molecule has 0 saturated carbocycles. The number of alkyl halides is 2. The number of anilines is 1. The first kappa shape index (κ1) is 14.1. The van der Waals surface area contributed by atoms with E-state index >= 15 is 0 Å². The summed E-state index contributed by atoms with van der Waals surface area (Å²) in [5.74, 6) is -6.90. The van der Waals surface area contributed by atoms with Crippen molar-refractivity contribution in [2.75, 3.05) is 11.9 Å². The summed E-state index contributed by atoms with van der Waals surface area (Å²) in [6.45, 7) is -0.295. The van der Waals surface area contributed by atoms with Crippen molar-refractivity contribution >= 4 is 27.6 Å². The summed E-state index contributed by atoms with van der Waals surface area (Å²) in [6.07, 6.45) is -1.93. The average molecular weight is 342 g/mol. The molecule has 19 heavy (non-hydrogen) atoms. The van der Waals surface area contributed by atoms with E-state index in [9.17, 15) is 22.4 Å². The van der Waals surface area contributed by atoms with Gasteiger partial charge in [-0.05, 0) is 12.1 Å². The van der Waals surface area contributed by atoms with E-state index in [0.717, 1.165) is 12.1 Å². The number of carbonyl (C=O) groups excluding carboxylic acids is 1. The number of hydrogen-bond donors (Lipinski definition) is 1. The van der Waals surface area contributed by atoms with E-state index in [2.05, 4.69) is 26.0 Å². The summed E-state index contributed by atoms with van der Waals surface area (Å²) in [5.41, 5.74) is -0.450. The van der Waals surface area contributed by atoms with Crippen molar-refractivity contribution in [3.8, 4) is 0 Å². The van der Waals surface area contributed by atoms with E-state index in [1.807, 2.05) is 0 Å². The van der Waals surface area contributed by atoms with Gasteiger partial charge in [-0.15, -0.1) is 0 Å². The van der Waals surface area contributed by atoms with Gasteiger partial charge < -0.3 is 10.1 Å². The summed E-state index contributed by atoms with van der Waals surface area (Å²) < 4.78 is 57.2. The fourth-order valence-electron chi connectivity index (χ4n) is 1.69. The molecule has 1 aromatic rings. The lowest BCUT2D eigenvalue weighted by Crippen LogP contribution is -2.22. The molecule has 104 valence electrons. The topological polar surface area (TPSA) is 38.3 Å². The first-order chi connectivity index (χ1) is 8.79. The van der Waals surface area contributed by atoms with Gasteiger partial charge in [-0.1, -0.05) is 15.9 Å². The van der Waals surface area contributed by atoms with Crippen LogP contribution in [-0.4, -0.2) is 24.5 Å². The first-order valence-corrected chi connectivity index (χ1v) is 6.06. The number of ether oxygens (including phenoxy) is 1. The lowest BCUT2D eigenvalue weighted by atomic mass is 10.2. The number of cyclic esters (lactones) is 1. The minimum absolute atomic E-state index is 0.215. The molecule has 1 atom stereocenters. The zero-order valence-corrected chi connectivity index (χ0v) is 10.9. The number of halogens is 5. The van der Waals surface area contributed by atoms with Gasteiger partial charge in [0.05, 0.1) is 13.0 Å². The fraction of sp³-hybridized carbons (Fsp3) is 0.364. The molecule has 1 fully saturated rings. The monoisotopic (exact) mass is 341 g/mol. The molecule has 1 saturated heterocycles. The Morgan fingerprint density at radius 3 is 2.42 bits per heavy atom. The fourth-order valence-corrected chi connectivity index (χ4v) is 2.09. The van der Waals surface area contributed by atoms with Crippen molar-refractivity contribution in [2.24, 2.45) is 0 Å². The van der Waals surface area contributed by atoms with Crippen LogP contribution in [0.25, 0.3) is 0 Å². The molecule has 1 N–H and O–H groups in total. The van der Waals surface area contributed by atoms with Crippen LogP contribution in [0.1, 0.15) is 6.42 Å². The van der Waals surface area contributed by atoms with E-state index < -0.39 is 41.7 Å². The van der Waals surface area contributed by atoms with E-state index in [0.29, 0.717) is 0 Å². The number of esters is 1. The van der Waals surface area contributed by atoms with Crippen LogP contribution >= 0.6 is 15.9 Å².